The van der Waals surface area contributed by atoms with Crippen molar-refractivity contribution in [1.29, 1.82) is 0 Å². The number of ketones is 1. The molecule has 25 heavy (non-hydrogen) atoms. The van der Waals surface area contributed by atoms with Crippen LogP contribution in [0.4, 0.5) is 8.78 Å². The number of carbonyl (C=O) groups is 2. The van der Waals surface area contributed by atoms with E-state index >= 15 is 0 Å². The second kappa shape index (κ2) is 7.78. The van der Waals surface area contributed by atoms with Crippen LogP contribution in [0.25, 0.3) is 0 Å². The molecule has 4 nitrogen and oxygen atoms in total. The number of Topliss-reactive ketones (excluding diaryl/α,β-unsaturated/α-hetero) is 1. The van der Waals surface area contributed by atoms with Gasteiger partial charge in [-0.1, -0.05) is 18.5 Å². The van der Waals surface area contributed by atoms with E-state index in [1.807, 2.05) is 25.3 Å². The number of carbonyl (C=O) groups excluding carboxylic acids is 2. The fourth-order valence-corrected chi connectivity index (χ4v) is 2.84. The Hall–Kier alpha value is -2.21. The van der Waals surface area contributed by atoms with Crippen molar-refractivity contribution in [2.75, 3.05) is 6.61 Å². The van der Waals surface area contributed by atoms with E-state index in [9.17, 15) is 18.4 Å². The lowest BCUT2D eigenvalue weighted by Crippen LogP contribution is -2.15. The van der Waals surface area contributed by atoms with Crippen molar-refractivity contribution in [1.82, 2.24) is 4.57 Å². The molecule has 1 aromatic carbocycles. The van der Waals surface area contributed by atoms with E-state index in [-0.39, 0.29) is 16.4 Å². The van der Waals surface area contributed by atoms with Crippen LogP contribution in [0.3, 0.4) is 0 Å². The molecule has 134 valence electrons. The first-order chi connectivity index (χ1) is 11.8. The first-order valence-electron chi connectivity index (χ1n) is 7.77. The van der Waals surface area contributed by atoms with Crippen LogP contribution in [0.5, 0.6) is 0 Å². The molecule has 0 saturated heterocycles. The molecule has 0 saturated carbocycles. The molecule has 0 atom stereocenters. The summed E-state index contributed by atoms with van der Waals surface area (Å²) in [5.41, 5.74) is 1.88. The van der Waals surface area contributed by atoms with Crippen molar-refractivity contribution in [2.24, 2.45) is 0 Å². The summed E-state index contributed by atoms with van der Waals surface area (Å²) in [6, 6.07) is 3.08. The zero-order valence-electron chi connectivity index (χ0n) is 14.2. The molecule has 1 aromatic heterocycles. The molecular weight excluding hydrogens is 352 g/mol. The van der Waals surface area contributed by atoms with E-state index in [4.69, 9.17) is 16.3 Å². The molecule has 0 radical (unpaired) electrons. The summed E-state index contributed by atoms with van der Waals surface area (Å²) in [5.74, 6) is -3.74. The summed E-state index contributed by atoms with van der Waals surface area (Å²) in [6.07, 6.45) is 0.924. The lowest BCUT2D eigenvalue weighted by Gasteiger charge is -2.08. The van der Waals surface area contributed by atoms with Gasteiger partial charge in [0.15, 0.2) is 18.2 Å². The predicted molar refractivity (Wildman–Crippen MR) is 90.2 cm³/mol. The Kier molecular flexibility index (Phi) is 5.95. The second-order valence-corrected chi connectivity index (χ2v) is 6.09. The molecule has 0 spiro atoms. The molecule has 0 amide bonds. The largest absolute Gasteiger partial charge is 0.454 e. The lowest BCUT2D eigenvalue weighted by atomic mass is 10.1. The maximum absolute atomic E-state index is 13.2. The minimum atomic E-state index is -1.22. The van der Waals surface area contributed by atoms with Gasteiger partial charge in [0, 0.05) is 23.5 Å². The maximum atomic E-state index is 13.2. The topological polar surface area (TPSA) is 48.3 Å². The van der Waals surface area contributed by atoms with Gasteiger partial charge in [-0.15, -0.1) is 0 Å². The van der Waals surface area contributed by atoms with Gasteiger partial charge in [0.05, 0.1) is 10.6 Å². The van der Waals surface area contributed by atoms with Crippen LogP contribution in [0, 0.1) is 25.5 Å². The van der Waals surface area contributed by atoms with Crippen LogP contribution < -0.4 is 0 Å². The van der Waals surface area contributed by atoms with Gasteiger partial charge < -0.3 is 9.30 Å². The number of rotatable bonds is 6. The van der Waals surface area contributed by atoms with Crippen molar-refractivity contribution in [2.45, 2.75) is 33.7 Å². The van der Waals surface area contributed by atoms with Crippen molar-refractivity contribution in [3.05, 3.63) is 57.4 Å². The van der Waals surface area contributed by atoms with Gasteiger partial charge in [-0.05, 0) is 38.5 Å². The molecule has 0 fully saturated rings. The van der Waals surface area contributed by atoms with Crippen molar-refractivity contribution in [3.8, 4) is 0 Å². The smallest absolute Gasteiger partial charge is 0.340 e. The van der Waals surface area contributed by atoms with E-state index < -0.39 is 24.2 Å². The number of esters is 1. The first-order valence-corrected chi connectivity index (χ1v) is 8.15. The highest BCUT2D eigenvalue weighted by Crippen LogP contribution is 2.21. The number of hydrogen-bond acceptors (Lipinski definition) is 3. The third kappa shape index (κ3) is 4.07. The van der Waals surface area contributed by atoms with Gasteiger partial charge in [0.25, 0.3) is 0 Å². The summed E-state index contributed by atoms with van der Waals surface area (Å²) in [4.78, 5) is 24.3. The van der Waals surface area contributed by atoms with E-state index in [1.54, 1.807) is 6.07 Å². The number of nitrogens with zero attached hydrogens (tertiary/aromatic N) is 1. The molecule has 2 rings (SSSR count). The number of aryl methyl sites for hydroxylation is 1. The van der Waals surface area contributed by atoms with Gasteiger partial charge in [-0.3, -0.25) is 4.79 Å². The third-order valence-electron chi connectivity index (χ3n) is 3.89. The quantitative estimate of drug-likeness (QED) is 0.428. The summed E-state index contributed by atoms with van der Waals surface area (Å²) >= 11 is 5.72. The van der Waals surface area contributed by atoms with Crippen LogP contribution in [-0.4, -0.2) is 22.9 Å². The zero-order chi connectivity index (χ0) is 18.7. The number of hydrogen-bond donors (Lipinski definition) is 0. The average molecular weight is 370 g/mol. The normalized spacial score (nSPS) is 10.8. The van der Waals surface area contributed by atoms with Gasteiger partial charge in [-0.25, -0.2) is 13.6 Å². The average Bonchev–Trinajstić information content (AvgIpc) is 2.84. The number of ether oxygens (including phenoxy) is 1. The van der Waals surface area contributed by atoms with Crippen LogP contribution in [0.1, 0.15) is 45.4 Å². The lowest BCUT2D eigenvalue weighted by molar-refractivity contribution is 0.0474. The second-order valence-electron chi connectivity index (χ2n) is 5.68. The van der Waals surface area contributed by atoms with Crippen LogP contribution >= 0.6 is 11.6 Å². The Morgan fingerprint density at radius 1 is 1.12 bits per heavy atom. The Bertz CT molecular complexity index is 830. The molecule has 1 heterocycles. The fourth-order valence-electron chi connectivity index (χ4n) is 2.62. The Balaban J connectivity index is 2.11. The number of aromatic nitrogens is 1. The maximum Gasteiger partial charge on any atom is 0.340 e. The molecule has 7 heteroatoms. The molecule has 0 aliphatic rings. The molecule has 0 aliphatic heterocycles. The van der Waals surface area contributed by atoms with Crippen LogP contribution in [0.15, 0.2) is 18.2 Å². The Labute approximate surface area is 149 Å². The van der Waals surface area contributed by atoms with E-state index in [1.165, 1.54) is 0 Å². The molecule has 0 aliphatic carbocycles. The fraction of sp³-hybridized carbons (Fsp3) is 0.333. The van der Waals surface area contributed by atoms with Gasteiger partial charge >= 0.3 is 5.97 Å². The summed E-state index contributed by atoms with van der Waals surface area (Å²) in [6.45, 7) is 6.03. The SMILES string of the molecule is CCCn1c(C)cc(C(=O)COC(=O)c2cc(F)c(F)cc2Cl)c1C. The minimum Gasteiger partial charge on any atom is -0.454 e. The van der Waals surface area contributed by atoms with Gasteiger partial charge in [-0.2, -0.15) is 0 Å². The molecule has 0 unspecified atom stereocenters. The number of benzene rings is 1. The van der Waals surface area contributed by atoms with Crippen molar-refractivity contribution >= 4 is 23.4 Å². The summed E-state index contributed by atoms with van der Waals surface area (Å²) in [5, 5.41) is -0.280. The van der Waals surface area contributed by atoms with E-state index in [0.717, 1.165) is 24.4 Å². The standard InChI is InChI=1S/C18H18ClF2NO3/c1-4-5-22-10(2)6-12(11(22)3)17(23)9-25-18(24)13-7-15(20)16(21)8-14(13)19/h6-8H,4-5,9H2,1-3H3. The monoisotopic (exact) mass is 369 g/mol. The molecule has 0 bridgehead atoms. The van der Waals surface area contributed by atoms with Crippen LogP contribution in [-0.2, 0) is 11.3 Å². The predicted octanol–water partition coefficient (Wildman–Crippen LogP) is 4.49. The first kappa shape index (κ1) is 19.1. The highest BCUT2D eigenvalue weighted by molar-refractivity contribution is 6.33. The molecular formula is C18H18ClF2NO3. The van der Waals surface area contributed by atoms with E-state index in [2.05, 4.69) is 0 Å². The van der Waals surface area contributed by atoms with Crippen molar-refractivity contribution < 1.29 is 23.1 Å². The van der Waals surface area contributed by atoms with Crippen molar-refractivity contribution in [3.63, 3.8) is 0 Å². The van der Waals surface area contributed by atoms with E-state index in [0.29, 0.717) is 17.7 Å². The molecule has 2 aromatic rings. The molecule has 0 N–H and O–H groups in total. The third-order valence-corrected chi connectivity index (χ3v) is 4.20. The van der Waals surface area contributed by atoms with Gasteiger partial charge in [0.2, 0.25) is 5.78 Å². The summed E-state index contributed by atoms with van der Waals surface area (Å²) < 4.78 is 33.2. The van der Waals surface area contributed by atoms with Gasteiger partial charge in [0.1, 0.15) is 0 Å². The highest BCUT2D eigenvalue weighted by Gasteiger charge is 2.20. The van der Waals surface area contributed by atoms with Crippen LogP contribution in [0.2, 0.25) is 5.02 Å². The Morgan fingerprint density at radius 3 is 2.40 bits per heavy atom. The summed E-state index contributed by atoms with van der Waals surface area (Å²) in [7, 11) is 0. The highest BCUT2D eigenvalue weighted by atomic mass is 35.5. The number of halogens is 3. The minimum absolute atomic E-state index is 0.280. The Morgan fingerprint density at radius 2 is 1.76 bits per heavy atom. The zero-order valence-corrected chi connectivity index (χ0v) is 14.9.